The molecule has 0 aliphatic carbocycles. The van der Waals surface area contributed by atoms with E-state index in [0.29, 0.717) is 24.3 Å². The van der Waals surface area contributed by atoms with Gasteiger partial charge in [0.25, 0.3) is 5.91 Å². The van der Waals surface area contributed by atoms with Crippen molar-refractivity contribution in [1.29, 1.82) is 0 Å². The van der Waals surface area contributed by atoms with Crippen LogP contribution in [0.2, 0.25) is 0 Å². The van der Waals surface area contributed by atoms with Crippen LogP contribution in [0.1, 0.15) is 24.2 Å². The molecule has 7 heteroatoms. The van der Waals surface area contributed by atoms with Gasteiger partial charge in [-0.25, -0.2) is 0 Å². The Labute approximate surface area is 146 Å². The van der Waals surface area contributed by atoms with E-state index in [1.165, 1.54) is 4.68 Å². The van der Waals surface area contributed by atoms with Crippen LogP contribution in [0.15, 0.2) is 42.7 Å². The molecular weight excluding hydrogens is 320 g/mol. The number of ether oxygens (including phenoxy) is 1. The number of anilines is 1. The van der Waals surface area contributed by atoms with Gasteiger partial charge in [0.05, 0.1) is 24.1 Å². The summed E-state index contributed by atoms with van der Waals surface area (Å²) < 4.78 is 7.18. The van der Waals surface area contributed by atoms with Gasteiger partial charge in [-0.2, -0.15) is 5.10 Å². The number of carbonyl (C=O) groups excluding carboxylic acids is 2. The van der Waals surface area contributed by atoms with Gasteiger partial charge in [0.15, 0.2) is 0 Å². The maximum Gasteiger partial charge on any atom is 0.255 e. The largest absolute Gasteiger partial charge is 0.372 e. The molecule has 1 aromatic carbocycles. The molecule has 2 heterocycles. The Hall–Kier alpha value is -2.67. The fourth-order valence-corrected chi connectivity index (χ4v) is 2.93. The van der Waals surface area contributed by atoms with E-state index < -0.39 is 0 Å². The minimum absolute atomic E-state index is 0.00830. The summed E-state index contributed by atoms with van der Waals surface area (Å²) in [6.45, 7) is 5.23. The summed E-state index contributed by atoms with van der Waals surface area (Å²) in [7, 11) is 0. The second-order valence-corrected chi connectivity index (χ2v) is 6.30. The number of aromatic nitrogens is 2. The quantitative estimate of drug-likeness (QED) is 0.919. The number of nitrogens with one attached hydrogen (secondary N) is 1. The summed E-state index contributed by atoms with van der Waals surface area (Å²) in [4.78, 5) is 26.4. The van der Waals surface area contributed by atoms with Crippen LogP contribution in [0.4, 0.5) is 5.69 Å². The number of hydrogen-bond acceptors (Lipinski definition) is 4. The maximum absolute atomic E-state index is 12.4. The molecule has 25 heavy (non-hydrogen) atoms. The lowest BCUT2D eigenvalue weighted by Gasteiger charge is -2.35. The molecule has 0 spiro atoms. The second-order valence-electron chi connectivity index (χ2n) is 6.30. The van der Waals surface area contributed by atoms with Crippen LogP contribution >= 0.6 is 0 Å². The van der Waals surface area contributed by atoms with E-state index in [-0.39, 0.29) is 30.6 Å². The van der Waals surface area contributed by atoms with Crippen molar-refractivity contribution in [3.8, 4) is 0 Å². The molecule has 3 rings (SSSR count). The highest BCUT2D eigenvalue weighted by Gasteiger charge is 2.26. The molecule has 2 unspecified atom stereocenters. The highest BCUT2D eigenvalue weighted by atomic mass is 16.5. The second kappa shape index (κ2) is 7.48. The van der Waals surface area contributed by atoms with Crippen LogP contribution < -0.4 is 5.32 Å². The van der Waals surface area contributed by atoms with Gasteiger partial charge in [-0.15, -0.1) is 0 Å². The molecule has 2 atom stereocenters. The van der Waals surface area contributed by atoms with Gasteiger partial charge in [-0.05, 0) is 26.0 Å². The number of morpholine rings is 1. The smallest absolute Gasteiger partial charge is 0.255 e. The van der Waals surface area contributed by atoms with Crippen molar-refractivity contribution in [3.63, 3.8) is 0 Å². The van der Waals surface area contributed by atoms with Gasteiger partial charge in [0.1, 0.15) is 6.54 Å². The van der Waals surface area contributed by atoms with Crippen molar-refractivity contribution in [2.45, 2.75) is 32.6 Å². The Bertz CT molecular complexity index is 734. The van der Waals surface area contributed by atoms with Crippen molar-refractivity contribution in [2.75, 3.05) is 18.4 Å². The van der Waals surface area contributed by atoms with E-state index in [1.807, 2.05) is 19.9 Å². The number of hydrogen-bond donors (Lipinski definition) is 1. The highest BCUT2D eigenvalue weighted by Crippen LogP contribution is 2.12. The molecule has 0 bridgehead atoms. The summed E-state index contributed by atoms with van der Waals surface area (Å²) in [5, 5.41) is 6.94. The van der Waals surface area contributed by atoms with E-state index >= 15 is 0 Å². The number of carbonyl (C=O) groups is 2. The van der Waals surface area contributed by atoms with Crippen LogP contribution in [0.25, 0.3) is 0 Å². The predicted molar refractivity (Wildman–Crippen MR) is 93.2 cm³/mol. The highest BCUT2D eigenvalue weighted by molar-refractivity contribution is 6.04. The Morgan fingerprint density at radius 1 is 1.20 bits per heavy atom. The zero-order valence-electron chi connectivity index (χ0n) is 14.4. The molecule has 1 aromatic heterocycles. The normalized spacial score (nSPS) is 20.3. The Morgan fingerprint density at radius 2 is 1.88 bits per heavy atom. The minimum Gasteiger partial charge on any atom is -0.372 e. The van der Waals surface area contributed by atoms with Crippen LogP contribution in [0.3, 0.4) is 0 Å². The molecule has 2 aromatic rings. The van der Waals surface area contributed by atoms with Crippen LogP contribution in [-0.2, 0) is 16.1 Å². The lowest BCUT2D eigenvalue weighted by Crippen LogP contribution is -2.49. The third-order valence-corrected chi connectivity index (χ3v) is 4.00. The first-order valence-corrected chi connectivity index (χ1v) is 8.33. The van der Waals surface area contributed by atoms with Gasteiger partial charge in [-0.1, -0.05) is 18.2 Å². The molecule has 1 fully saturated rings. The molecule has 1 saturated heterocycles. The third kappa shape index (κ3) is 4.45. The van der Waals surface area contributed by atoms with Crippen molar-refractivity contribution in [3.05, 3.63) is 48.3 Å². The topological polar surface area (TPSA) is 76.5 Å². The minimum atomic E-state index is -0.206. The van der Waals surface area contributed by atoms with Crippen LogP contribution in [0, 0.1) is 0 Å². The molecule has 0 saturated carbocycles. The first kappa shape index (κ1) is 17.2. The van der Waals surface area contributed by atoms with Gasteiger partial charge in [0, 0.05) is 24.8 Å². The van der Waals surface area contributed by atoms with Crippen molar-refractivity contribution >= 4 is 17.5 Å². The number of amides is 2. The third-order valence-electron chi connectivity index (χ3n) is 4.00. The molecule has 2 amide bonds. The van der Waals surface area contributed by atoms with E-state index in [2.05, 4.69) is 10.4 Å². The Kier molecular flexibility index (Phi) is 5.14. The summed E-state index contributed by atoms with van der Waals surface area (Å²) >= 11 is 0. The summed E-state index contributed by atoms with van der Waals surface area (Å²) in [6, 6.07) is 8.95. The number of benzene rings is 1. The summed E-state index contributed by atoms with van der Waals surface area (Å²) in [6.07, 6.45) is 3.27. The SMILES string of the molecule is CC1CN(C(=O)Cn2cc(NC(=O)c3ccccc3)cn2)CC(C)O1. The average Bonchev–Trinajstić information content (AvgIpc) is 3.01. The maximum atomic E-state index is 12.4. The molecule has 0 radical (unpaired) electrons. The fourth-order valence-electron chi connectivity index (χ4n) is 2.93. The Morgan fingerprint density at radius 3 is 2.56 bits per heavy atom. The lowest BCUT2D eigenvalue weighted by molar-refractivity contribution is -0.144. The van der Waals surface area contributed by atoms with Crippen LogP contribution in [-0.4, -0.2) is 51.8 Å². The molecule has 7 nitrogen and oxygen atoms in total. The van der Waals surface area contributed by atoms with E-state index in [1.54, 1.807) is 41.6 Å². The standard InChI is InChI=1S/C18H22N4O3/c1-13-9-21(10-14(2)25-13)17(23)12-22-11-16(8-19-22)20-18(24)15-6-4-3-5-7-15/h3-8,11,13-14H,9-10,12H2,1-2H3,(H,20,24). The monoisotopic (exact) mass is 342 g/mol. The zero-order chi connectivity index (χ0) is 17.8. The molecule has 1 N–H and O–H groups in total. The fraction of sp³-hybridized carbons (Fsp3) is 0.389. The van der Waals surface area contributed by atoms with Gasteiger partial charge in [-0.3, -0.25) is 14.3 Å². The van der Waals surface area contributed by atoms with Crippen LogP contribution in [0.5, 0.6) is 0 Å². The van der Waals surface area contributed by atoms with E-state index in [4.69, 9.17) is 4.74 Å². The first-order chi connectivity index (χ1) is 12.0. The van der Waals surface area contributed by atoms with Gasteiger partial charge < -0.3 is 15.0 Å². The molecule has 1 aliphatic rings. The average molecular weight is 342 g/mol. The van der Waals surface area contributed by atoms with Crippen molar-refractivity contribution in [1.82, 2.24) is 14.7 Å². The Balaban J connectivity index is 1.58. The lowest BCUT2D eigenvalue weighted by atomic mass is 10.2. The molecule has 132 valence electrons. The summed E-state index contributed by atoms with van der Waals surface area (Å²) in [5.41, 5.74) is 1.13. The van der Waals surface area contributed by atoms with Gasteiger partial charge in [0.2, 0.25) is 5.91 Å². The van der Waals surface area contributed by atoms with Crippen molar-refractivity contribution < 1.29 is 14.3 Å². The van der Waals surface area contributed by atoms with E-state index in [0.717, 1.165) is 0 Å². The number of nitrogens with zero attached hydrogens (tertiary/aromatic N) is 3. The molecular formula is C18H22N4O3. The first-order valence-electron chi connectivity index (χ1n) is 8.33. The summed E-state index contributed by atoms with van der Waals surface area (Å²) in [5.74, 6) is -0.214. The zero-order valence-corrected chi connectivity index (χ0v) is 14.4. The van der Waals surface area contributed by atoms with Gasteiger partial charge >= 0.3 is 0 Å². The number of rotatable bonds is 4. The predicted octanol–water partition coefficient (Wildman–Crippen LogP) is 1.77. The molecule has 1 aliphatic heterocycles. The van der Waals surface area contributed by atoms with Crippen molar-refractivity contribution in [2.24, 2.45) is 0 Å². The van der Waals surface area contributed by atoms with E-state index in [9.17, 15) is 9.59 Å².